The highest BCUT2D eigenvalue weighted by Gasteiger charge is 2.13. The summed E-state index contributed by atoms with van der Waals surface area (Å²) in [4.78, 5) is 28.4. The first-order chi connectivity index (χ1) is 11.5. The second kappa shape index (κ2) is 6.62. The van der Waals surface area contributed by atoms with Gasteiger partial charge in [-0.25, -0.2) is 9.78 Å². The second-order valence-corrected chi connectivity index (χ2v) is 6.06. The molecule has 2 heterocycles. The fraction of sp³-hybridized carbons (Fsp3) is 0.312. The largest absolute Gasteiger partial charge is 0.332 e. The maximum atomic E-state index is 12.3. The smallest absolute Gasteiger partial charge is 0.323 e. The Morgan fingerprint density at radius 3 is 2.54 bits per heavy atom. The molecule has 0 aliphatic carbocycles. The van der Waals surface area contributed by atoms with Crippen LogP contribution in [0.2, 0.25) is 5.02 Å². The van der Waals surface area contributed by atoms with E-state index in [0.717, 1.165) is 10.1 Å². The van der Waals surface area contributed by atoms with Crippen LogP contribution in [0.5, 0.6) is 0 Å². The monoisotopic (exact) mass is 347 g/mol. The van der Waals surface area contributed by atoms with Gasteiger partial charge in [0.15, 0.2) is 11.2 Å². The Morgan fingerprint density at radius 1 is 1.12 bits per heavy atom. The summed E-state index contributed by atoms with van der Waals surface area (Å²) in [6.07, 6.45) is 1.59. The van der Waals surface area contributed by atoms with Gasteiger partial charge in [0.1, 0.15) is 0 Å². The Morgan fingerprint density at radius 2 is 1.83 bits per heavy atom. The lowest BCUT2D eigenvalue weighted by molar-refractivity contribution is 0.603. The summed E-state index contributed by atoms with van der Waals surface area (Å²) in [6, 6.07) is 7.64. The summed E-state index contributed by atoms with van der Waals surface area (Å²) < 4.78 is 4.25. The Labute approximate surface area is 143 Å². The SMILES string of the molecule is Cn1c(=O)c2c(ncn2CCNCc2ccc(Cl)cc2)n(C)c1=O. The lowest BCUT2D eigenvalue weighted by atomic mass is 10.2. The van der Waals surface area contributed by atoms with Gasteiger partial charge in [0.2, 0.25) is 0 Å². The van der Waals surface area contributed by atoms with Gasteiger partial charge in [-0.15, -0.1) is 0 Å². The molecule has 0 unspecified atom stereocenters. The third kappa shape index (κ3) is 3.00. The van der Waals surface area contributed by atoms with E-state index in [9.17, 15) is 9.59 Å². The topological polar surface area (TPSA) is 73.8 Å². The molecule has 0 fully saturated rings. The van der Waals surface area contributed by atoms with E-state index in [-0.39, 0.29) is 11.2 Å². The van der Waals surface area contributed by atoms with E-state index in [2.05, 4.69) is 10.3 Å². The molecule has 0 atom stereocenters. The zero-order chi connectivity index (χ0) is 17.3. The number of benzene rings is 1. The molecule has 2 aromatic heterocycles. The van der Waals surface area contributed by atoms with E-state index < -0.39 is 0 Å². The quantitative estimate of drug-likeness (QED) is 0.695. The molecular weight excluding hydrogens is 330 g/mol. The van der Waals surface area contributed by atoms with E-state index in [0.29, 0.717) is 35.8 Å². The number of hydrogen-bond acceptors (Lipinski definition) is 4. The molecule has 1 aromatic carbocycles. The number of hydrogen-bond donors (Lipinski definition) is 1. The summed E-state index contributed by atoms with van der Waals surface area (Å²) in [6.45, 7) is 1.96. The number of rotatable bonds is 5. The van der Waals surface area contributed by atoms with Crippen LogP contribution in [0.3, 0.4) is 0 Å². The maximum Gasteiger partial charge on any atom is 0.332 e. The molecule has 126 valence electrons. The standard InChI is InChI=1S/C16H18ClN5O2/c1-20-14-13(15(23)21(2)16(20)24)22(10-19-14)8-7-18-9-11-3-5-12(17)6-4-11/h3-6,10,18H,7-9H2,1-2H3. The fourth-order valence-electron chi connectivity index (χ4n) is 2.60. The molecule has 0 bridgehead atoms. The van der Waals surface area contributed by atoms with Gasteiger partial charge >= 0.3 is 5.69 Å². The van der Waals surface area contributed by atoms with Gasteiger partial charge in [-0.05, 0) is 17.7 Å². The van der Waals surface area contributed by atoms with Gasteiger partial charge in [0.05, 0.1) is 6.33 Å². The van der Waals surface area contributed by atoms with Gasteiger partial charge in [-0.1, -0.05) is 23.7 Å². The van der Waals surface area contributed by atoms with Crippen molar-refractivity contribution >= 4 is 22.8 Å². The second-order valence-electron chi connectivity index (χ2n) is 5.62. The molecule has 0 aliphatic rings. The minimum absolute atomic E-state index is 0.330. The highest BCUT2D eigenvalue weighted by molar-refractivity contribution is 6.30. The Balaban J connectivity index is 1.73. The van der Waals surface area contributed by atoms with Gasteiger partial charge in [-0.2, -0.15) is 0 Å². The van der Waals surface area contributed by atoms with E-state index in [1.807, 2.05) is 24.3 Å². The minimum atomic E-state index is -0.376. The van der Waals surface area contributed by atoms with Crippen LogP contribution in [-0.2, 0) is 27.2 Å². The zero-order valence-electron chi connectivity index (χ0n) is 13.5. The Hall–Kier alpha value is -2.38. The number of fused-ring (bicyclic) bond motifs is 1. The van der Waals surface area contributed by atoms with Crippen molar-refractivity contribution in [3.8, 4) is 0 Å². The number of aryl methyl sites for hydroxylation is 1. The average molecular weight is 348 g/mol. The lowest BCUT2D eigenvalue weighted by Crippen LogP contribution is -2.37. The summed E-state index contributed by atoms with van der Waals surface area (Å²) in [5.41, 5.74) is 1.27. The molecule has 0 saturated carbocycles. The van der Waals surface area contributed by atoms with Crippen LogP contribution in [0, 0.1) is 0 Å². The molecule has 0 aliphatic heterocycles. The first-order valence-electron chi connectivity index (χ1n) is 7.55. The first kappa shape index (κ1) is 16.5. The Bertz CT molecular complexity index is 985. The van der Waals surface area contributed by atoms with Gasteiger partial charge < -0.3 is 9.88 Å². The van der Waals surface area contributed by atoms with E-state index in [1.165, 1.54) is 11.6 Å². The van der Waals surface area contributed by atoms with E-state index >= 15 is 0 Å². The minimum Gasteiger partial charge on any atom is -0.323 e. The number of nitrogens with zero attached hydrogens (tertiary/aromatic N) is 4. The van der Waals surface area contributed by atoms with Crippen LogP contribution in [0.4, 0.5) is 0 Å². The number of halogens is 1. The van der Waals surface area contributed by atoms with Crippen LogP contribution < -0.4 is 16.6 Å². The molecule has 1 N–H and O–H groups in total. The third-order valence-electron chi connectivity index (χ3n) is 3.99. The lowest BCUT2D eigenvalue weighted by Gasteiger charge is -2.08. The van der Waals surface area contributed by atoms with Gasteiger partial charge in [0.25, 0.3) is 5.56 Å². The van der Waals surface area contributed by atoms with Crippen LogP contribution >= 0.6 is 11.6 Å². The molecule has 7 nitrogen and oxygen atoms in total. The highest BCUT2D eigenvalue weighted by Crippen LogP contribution is 2.09. The van der Waals surface area contributed by atoms with Crippen molar-refractivity contribution in [2.24, 2.45) is 14.1 Å². The van der Waals surface area contributed by atoms with Crippen molar-refractivity contribution in [2.75, 3.05) is 6.54 Å². The van der Waals surface area contributed by atoms with Crippen molar-refractivity contribution in [1.29, 1.82) is 0 Å². The van der Waals surface area contributed by atoms with E-state index in [1.54, 1.807) is 17.9 Å². The number of aromatic nitrogens is 4. The van der Waals surface area contributed by atoms with Crippen molar-refractivity contribution < 1.29 is 0 Å². The van der Waals surface area contributed by atoms with Crippen LogP contribution in [0.1, 0.15) is 5.56 Å². The average Bonchev–Trinajstić information content (AvgIpc) is 3.00. The summed E-state index contributed by atoms with van der Waals surface area (Å²) >= 11 is 5.86. The number of nitrogens with one attached hydrogen (secondary N) is 1. The molecule has 8 heteroatoms. The molecule has 3 aromatic rings. The summed E-state index contributed by atoms with van der Waals surface area (Å²) in [5, 5.41) is 4.03. The van der Waals surface area contributed by atoms with Crippen LogP contribution in [0.25, 0.3) is 11.2 Å². The van der Waals surface area contributed by atoms with Crippen molar-refractivity contribution in [3.05, 3.63) is 62.0 Å². The predicted molar refractivity (Wildman–Crippen MR) is 93.4 cm³/mol. The molecule has 3 rings (SSSR count). The number of imidazole rings is 1. The summed E-state index contributed by atoms with van der Waals surface area (Å²) in [7, 11) is 3.08. The van der Waals surface area contributed by atoms with Crippen molar-refractivity contribution in [3.63, 3.8) is 0 Å². The zero-order valence-corrected chi connectivity index (χ0v) is 14.2. The van der Waals surface area contributed by atoms with Crippen LogP contribution in [-0.4, -0.2) is 25.2 Å². The first-order valence-corrected chi connectivity index (χ1v) is 7.93. The van der Waals surface area contributed by atoms with Crippen molar-refractivity contribution in [2.45, 2.75) is 13.1 Å². The summed E-state index contributed by atoms with van der Waals surface area (Å²) in [5.74, 6) is 0. The van der Waals surface area contributed by atoms with Gasteiger partial charge in [-0.3, -0.25) is 13.9 Å². The molecular formula is C16H18ClN5O2. The molecule has 0 amide bonds. The van der Waals surface area contributed by atoms with Crippen LogP contribution in [0.15, 0.2) is 40.2 Å². The predicted octanol–water partition coefficient (Wildman–Crippen LogP) is 0.877. The fourth-order valence-corrected chi connectivity index (χ4v) is 2.73. The molecule has 24 heavy (non-hydrogen) atoms. The molecule has 0 saturated heterocycles. The van der Waals surface area contributed by atoms with Gasteiger partial charge in [0, 0.05) is 38.8 Å². The normalized spacial score (nSPS) is 11.3. The van der Waals surface area contributed by atoms with E-state index in [4.69, 9.17) is 11.6 Å². The maximum absolute atomic E-state index is 12.3. The Kier molecular flexibility index (Phi) is 4.55. The third-order valence-corrected chi connectivity index (χ3v) is 4.24. The highest BCUT2D eigenvalue weighted by atomic mass is 35.5. The molecule has 0 radical (unpaired) electrons. The molecule has 0 spiro atoms. The van der Waals surface area contributed by atoms with Crippen molar-refractivity contribution in [1.82, 2.24) is 24.0 Å².